The molecule has 94 valence electrons. The van der Waals surface area contributed by atoms with Gasteiger partial charge in [0.05, 0.1) is 18.9 Å². The Bertz CT molecular complexity index is 399. The highest BCUT2D eigenvalue weighted by Crippen LogP contribution is 2.29. The van der Waals surface area contributed by atoms with E-state index in [1.165, 1.54) is 0 Å². The van der Waals surface area contributed by atoms with E-state index in [1.807, 2.05) is 13.0 Å². The molecule has 2 rings (SSSR count). The molecule has 1 fully saturated rings. The van der Waals surface area contributed by atoms with Crippen molar-refractivity contribution >= 4 is 0 Å². The van der Waals surface area contributed by atoms with E-state index in [0.717, 1.165) is 11.3 Å². The number of aromatic nitrogens is 1. The van der Waals surface area contributed by atoms with Gasteiger partial charge in [-0.3, -0.25) is 4.98 Å². The van der Waals surface area contributed by atoms with Gasteiger partial charge in [-0.15, -0.1) is 0 Å². The number of rotatable bonds is 4. The molecular weight excluding hydrogens is 222 g/mol. The van der Waals surface area contributed by atoms with Crippen LogP contribution in [0.3, 0.4) is 0 Å². The molecule has 17 heavy (non-hydrogen) atoms. The van der Waals surface area contributed by atoms with Crippen molar-refractivity contribution in [2.24, 2.45) is 0 Å². The van der Waals surface area contributed by atoms with Crippen molar-refractivity contribution in [3.8, 4) is 0 Å². The molecule has 2 heterocycles. The smallest absolute Gasteiger partial charge is 0.184 e. The van der Waals surface area contributed by atoms with Gasteiger partial charge in [0.25, 0.3) is 0 Å². The molecule has 1 N–H and O–H groups in total. The van der Waals surface area contributed by atoms with Crippen LogP contribution in [-0.2, 0) is 19.8 Å². The molecule has 0 spiro atoms. The van der Waals surface area contributed by atoms with Crippen LogP contribution in [-0.4, -0.2) is 37.5 Å². The standard InChI is InChI=1S/C12H17NO4/c1-8-9(11(15-2)16-3)4-5-10(13-8)12(14)6-17-7-12/h4-5,11,14H,6-7H2,1-3H3. The Balaban J connectivity index is 2.28. The average molecular weight is 239 g/mol. The molecule has 1 aromatic rings. The van der Waals surface area contributed by atoms with E-state index in [4.69, 9.17) is 14.2 Å². The second kappa shape index (κ2) is 4.70. The Kier molecular flexibility index (Phi) is 3.44. The van der Waals surface area contributed by atoms with Crippen molar-refractivity contribution in [1.29, 1.82) is 0 Å². The molecule has 5 heteroatoms. The third-order valence-electron chi connectivity index (χ3n) is 2.97. The molecule has 0 atom stereocenters. The lowest BCUT2D eigenvalue weighted by Crippen LogP contribution is -2.47. The van der Waals surface area contributed by atoms with E-state index >= 15 is 0 Å². The van der Waals surface area contributed by atoms with Crippen LogP contribution >= 0.6 is 0 Å². The monoisotopic (exact) mass is 239 g/mol. The number of methoxy groups -OCH3 is 2. The topological polar surface area (TPSA) is 60.8 Å². The molecule has 0 aromatic carbocycles. The predicted molar refractivity (Wildman–Crippen MR) is 60.4 cm³/mol. The Labute approximate surface area is 100 Å². The molecule has 0 aliphatic carbocycles. The Morgan fingerprint density at radius 3 is 2.41 bits per heavy atom. The summed E-state index contributed by atoms with van der Waals surface area (Å²) < 4.78 is 15.4. The number of aliphatic hydroxyl groups is 1. The Morgan fingerprint density at radius 1 is 1.35 bits per heavy atom. The van der Waals surface area contributed by atoms with Crippen molar-refractivity contribution < 1.29 is 19.3 Å². The first-order valence-corrected chi connectivity index (χ1v) is 5.44. The van der Waals surface area contributed by atoms with Crippen LogP contribution in [0.2, 0.25) is 0 Å². The molecule has 0 bridgehead atoms. The normalized spacial score (nSPS) is 18.2. The summed E-state index contributed by atoms with van der Waals surface area (Å²) in [4.78, 5) is 4.39. The van der Waals surface area contributed by atoms with Crippen LogP contribution in [0.15, 0.2) is 12.1 Å². The van der Waals surface area contributed by atoms with Gasteiger partial charge in [0, 0.05) is 25.5 Å². The van der Waals surface area contributed by atoms with Crippen LogP contribution in [0.5, 0.6) is 0 Å². The number of pyridine rings is 1. The summed E-state index contributed by atoms with van der Waals surface area (Å²) in [5, 5.41) is 10.1. The van der Waals surface area contributed by atoms with Crippen LogP contribution < -0.4 is 0 Å². The van der Waals surface area contributed by atoms with Crippen molar-refractivity contribution in [1.82, 2.24) is 4.98 Å². The Hall–Kier alpha value is -1.01. The van der Waals surface area contributed by atoms with Gasteiger partial charge in [-0.25, -0.2) is 0 Å². The zero-order chi connectivity index (χ0) is 12.5. The first-order valence-electron chi connectivity index (χ1n) is 5.44. The summed E-state index contributed by atoms with van der Waals surface area (Å²) in [6.07, 6.45) is -0.427. The van der Waals surface area contributed by atoms with Gasteiger partial charge in [0.2, 0.25) is 0 Å². The molecule has 0 amide bonds. The van der Waals surface area contributed by atoms with E-state index in [1.54, 1.807) is 20.3 Å². The van der Waals surface area contributed by atoms with E-state index in [-0.39, 0.29) is 0 Å². The maximum Gasteiger partial charge on any atom is 0.184 e. The summed E-state index contributed by atoms with van der Waals surface area (Å²) in [5.41, 5.74) is 1.36. The minimum absolute atomic E-state index is 0.302. The van der Waals surface area contributed by atoms with E-state index in [2.05, 4.69) is 4.98 Å². The maximum absolute atomic E-state index is 10.1. The van der Waals surface area contributed by atoms with Gasteiger partial charge < -0.3 is 19.3 Å². The molecular formula is C12H17NO4. The summed E-state index contributed by atoms with van der Waals surface area (Å²) in [5.74, 6) is 0. The number of aryl methyl sites for hydroxylation is 1. The van der Waals surface area contributed by atoms with Gasteiger partial charge in [-0.1, -0.05) is 6.07 Å². The summed E-state index contributed by atoms with van der Waals surface area (Å²) in [6.45, 7) is 2.47. The van der Waals surface area contributed by atoms with E-state index in [9.17, 15) is 5.11 Å². The maximum atomic E-state index is 10.1. The molecule has 1 saturated heterocycles. The first-order chi connectivity index (χ1) is 8.10. The Morgan fingerprint density at radius 2 is 2.00 bits per heavy atom. The first kappa shape index (κ1) is 12.4. The number of hydrogen-bond acceptors (Lipinski definition) is 5. The van der Waals surface area contributed by atoms with Crippen molar-refractivity contribution in [3.05, 3.63) is 29.1 Å². The lowest BCUT2D eigenvalue weighted by molar-refractivity contribution is -0.187. The van der Waals surface area contributed by atoms with Gasteiger partial charge in [-0.05, 0) is 13.0 Å². The van der Waals surface area contributed by atoms with Gasteiger partial charge >= 0.3 is 0 Å². The van der Waals surface area contributed by atoms with Gasteiger partial charge in [-0.2, -0.15) is 0 Å². The van der Waals surface area contributed by atoms with Crippen molar-refractivity contribution in [2.45, 2.75) is 18.8 Å². The van der Waals surface area contributed by atoms with Crippen molar-refractivity contribution in [3.63, 3.8) is 0 Å². The average Bonchev–Trinajstić information content (AvgIpc) is 2.29. The quantitative estimate of drug-likeness (QED) is 0.791. The molecule has 1 aromatic heterocycles. The highest BCUT2D eigenvalue weighted by atomic mass is 16.7. The van der Waals surface area contributed by atoms with E-state index in [0.29, 0.717) is 18.9 Å². The predicted octanol–water partition coefficient (Wildman–Crippen LogP) is 0.899. The van der Waals surface area contributed by atoms with Crippen LogP contribution in [0.4, 0.5) is 0 Å². The number of nitrogens with zero attached hydrogens (tertiary/aromatic N) is 1. The second-order valence-corrected chi connectivity index (χ2v) is 4.20. The van der Waals surface area contributed by atoms with Crippen molar-refractivity contribution in [2.75, 3.05) is 27.4 Å². The summed E-state index contributed by atoms with van der Waals surface area (Å²) in [6, 6.07) is 3.65. The highest BCUT2D eigenvalue weighted by Gasteiger charge is 2.39. The molecule has 1 aliphatic heterocycles. The van der Waals surface area contributed by atoms with Crippen LogP contribution in [0.25, 0.3) is 0 Å². The summed E-state index contributed by atoms with van der Waals surface area (Å²) in [7, 11) is 3.16. The fraction of sp³-hybridized carbons (Fsp3) is 0.583. The SMILES string of the molecule is COC(OC)c1ccc(C2(O)COC2)nc1C. The molecule has 0 unspecified atom stereocenters. The third-order valence-corrected chi connectivity index (χ3v) is 2.97. The minimum Gasteiger partial charge on any atom is -0.379 e. The molecule has 0 saturated carbocycles. The zero-order valence-corrected chi connectivity index (χ0v) is 10.3. The molecule has 1 aliphatic rings. The van der Waals surface area contributed by atoms with Crippen LogP contribution in [0, 0.1) is 6.92 Å². The lowest BCUT2D eigenvalue weighted by atomic mass is 9.96. The lowest BCUT2D eigenvalue weighted by Gasteiger charge is -2.36. The highest BCUT2D eigenvalue weighted by molar-refractivity contribution is 5.27. The number of ether oxygens (including phenoxy) is 3. The van der Waals surface area contributed by atoms with Crippen LogP contribution in [0.1, 0.15) is 23.2 Å². The van der Waals surface area contributed by atoms with Gasteiger partial charge in [0.1, 0.15) is 0 Å². The fourth-order valence-electron chi connectivity index (χ4n) is 1.87. The minimum atomic E-state index is -0.932. The molecule has 0 radical (unpaired) electrons. The second-order valence-electron chi connectivity index (χ2n) is 4.20. The largest absolute Gasteiger partial charge is 0.379 e. The zero-order valence-electron chi connectivity index (χ0n) is 10.3. The van der Waals surface area contributed by atoms with E-state index < -0.39 is 11.9 Å². The van der Waals surface area contributed by atoms with Gasteiger partial charge in [0.15, 0.2) is 11.9 Å². The molecule has 5 nitrogen and oxygen atoms in total. The third kappa shape index (κ3) is 2.19. The summed E-state index contributed by atoms with van der Waals surface area (Å²) >= 11 is 0. The fourth-order valence-corrected chi connectivity index (χ4v) is 1.87. The number of hydrogen-bond donors (Lipinski definition) is 1.